The van der Waals surface area contributed by atoms with Gasteiger partial charge >= 0.3 is 12.1 Å². The van der Waals surface area contributed by atoms with Crippen LogP contribution in [-0.4, -0.2) is 104 Å². The molecule has 1 rings (SSSR count). The van der Waals surface area contributed by atoms with Gasteiger partial charge in [-0.2, -0.15) is 0 Å². The second-order valence-electron chi connectivity index (χ2n) is 12.5. The lowest BCUT2D eigenvalue weighted by atomic mass is 10.0. The number of alkyl halides is 1. The smallest absolute Gasteiger partial charge is 0.407 e. The minimum absolute atomic E-state index is 0.122. The van der Waals surface area contributed by atoms with Crippen molar-refractivity contribution in [1.82, 2.24) is 15.1 Å². The van der Waals surface area contributed by atoms with Crippen molar-refractivity contribution in [3.05, 3.63) is 0 Å². The summed E-state index contributed by atoms with van der Waals surface area (Å²) in [7, 11) is 7.65. The highest BCUT2D eigenvalue weighted by Crippen LogP contribution is 2.21. The summed E-state index contributed by atoms with van der Waals surface area (Å²) in [6.45, 7) is 5.53. The number of rotatable bonds is 24. The first-order valence-electron chi connectivity index (χ1n) is 16.0. The molecule has 0 bridgehead atoms. The van der Waals surface area contributed by atoms with Crippen LogP contribution in [-0.2, 0) is 14.3 Å². The van der Waals surface area contributed by atoms with Gasteiger partial charge in [0.25, 0.3) is 5.91 Å². The average Bonchev–Trinajstić information content (AvgIpc) is 3.13. The van der Waals surface area contributed by atoms with Gasteiger partial charge < -0.3 is 19.3 Å². The first kappa shape index (κ1) is 37.4. The Morgan fingerprint density at radius 3 is 1.95 bits per heavy atom. The third-order valence-corrected chi connectivity index (χ3v) is 8.27. The second kappa shape index (κ2) is 21.2. The van der Waals surface area contributed by atoms with Gasteiger partial charge in [-0.1, -0.05) is 102 Å². The van der Waals surface area contributed by atoms with E-state index in [0.717, 1.165) is 19.3 Å². The summed E-state index contributed by atoms with van der Waals surface area (Å²) in [5.74, 6) is -0.395. The first-order valence-corrected chi connectivity index (χ1v) is 16.5. The molecule has 10 heteroatoms. The molecule has 1 saturated heterocycles. The number of halogens is 1. The SMILES string of the molecule is CCCCCCCCCCCCCCCC(NC(=O)OCCCN1C(=O)N(CC[N+](C)(C)C)C(=O)C1Cl)C(C)OC. The normalized spacial score (nSPS) is 17.3. The van der Waals surface area contributed by atoms with Crippen LogP contribution in [0.15, 0.2) is 0 Å². The molecule has 1 fully saturated rings. The molecule has 0 aromatic carbocycles. The Labute approximate surface area is 255 Å². The Morgan fingerprint density at radius 2 is 1.44 bits per heavy atom. The van der Waals surface area contributed by atoms with Gasteiger partial charge in [0.2, 0.25) is 0 Å². The Hall–Kier alpha value is -1.58. The number of ether oxygens (including phenoxy) is 2. The van der Waals surface area contributed by atoms with Gasteiger partial charge in [0.15, 0.2) is 5.50 Å². The highest BCUT2D eigenvalue weighted by Gasteiger charge is 2.44. The van der Waals surface area contributed by atoms with Crippen molar-refractivity contribution in [2.24, 2.45) is 0 Å². The molecule has 41 heavy (non-hydrogen) atoms. The number of hydrogen-bond acceptors (Lipinski definition) is 5. The number of carbonyl (C=O) groups is 3. The third-order valence-electron chi connectivity index (χ3n) is 7.85. The minimum Gasteiger partial charge on any atom is -0.449 e. The zero-order valence-corrected chi connectivity index (χ0v) is 27.7. The van der Waals surface area contributed by atoms with Crippen LogP contribution in [0.2, 0.25) is 0 Å². The minimum atomic E-state index is -1.02. The molecule has 0 aliphatic carbocycles. The van der Waals surface area contributed by atoms with Gasteiger partial charge in [-0.15, -0.1) is 0 Å². The van der Waals surface area contributed by atoms with Gasteiger partial charge in [-0.3, -0.25) is 14.6 Å². The molecule has 9 nitrogen and oxygen atoms in total. The van der Waals surface area contributed by atoms with Crippen molar-refractivity contribution in [2.75, 3.05) is 54.5 Å². The standard InChI is InChI=1S/C31H59ClN4O5/c1-7-8-9-10-11-12-13-14-15-16-17-18-19-21-27(26(2)40-6)33-30(38)41-25-20-22-34-28(32)29(37)35(31(34)39)23-24-36(3,4)5/h26-28H,7-25H2,1-6H3/p+1. The molecular formula is C31H60ClN4O5+. The van der Waals surface area contributed by atoms with Gasteiger partial charge in [0.05, 0.1) is 53.0 Å². The lowest BCUT2D eigenvalue weighted by Gasteiger charge is -2.26. The Balaban J connectivity index is 2.23. The van der Waals surface area contributed by atoms with Crippen LogP contribution < -0.4 is 5.32 Å². The molecular weight excluding hydrogens is 544 g/mol. The van der Waals surface area contributed by atoms with E-state index in [4.69, 9.17) is 21.1 Å². The summed E-state index contributed by atoms with van der Waals surface area (Å²) >= 11 is 6.23. The summed E-state index contributed by atoms with van der Waals surface area (Å²) in [6.07, 6.45) is 17.5. The number of alkyl carbamates (subject to hydrolysis) is 1. The fraction of sp³-hybridized carbons (Fsp3) is 0.903. The number of unbranched alkanes of at least 4 members (excludes halogenated alkanes) is 12. The summed E-state index contributed by atoms with van der Waals surface area (Å²) in [5.41, 5.74) is -1.02. The van der Waals surface area contributed by atoms with E-state index < -0.39 is 17.5 Å². The highest BCUT2D eigenvalue weighted by atomic mass is 35.5. The van der Waals surface area contributed by atoms with E-state index >= 15 is 0 Å². The topological polar surface area (TPSA) is 88.2 Å². The first-order chi connectivity index (χ1) is 19.5. The maximum absolute atomic E-state index is 12.7. The summed E-state index contributed by atoms with van der Waals surface area (Å²) in [4.78, 5) is 40.2. The van der Waals surface area contributed by atoms with E-state index in [2.05, 4.69) is 12.2 Å². The number of hydrogen-bond donors (Lipinski definition) is 1. The number of likely N-dealkylation sites (N-methyl/N-ethyl adjacent to an activating group) is 1. The zero-order chi connectivity index (χ0) is 30.7. The highest BCUT2D eigenvalue weighted by molar-refractivity contribution is 6.34. The average molecular weight is 604 g/mol. The van der Waals surface area contributed by atoms with Crippen molar-refractivity contribution in [3.8, 4) is 0 Å². The van der Waals surface area contributed by atoms with Gasteiger partial charge in [-0.25, -0.2) is 9.59 Å². The Bertz CT molecular complexity index is 749. The van der Waals surface area contributed by atoms with E-state index in [1.165, 1.54) is 80.4 Å². The summed E-state index contributed by atoms with van der Waals surface area (Å²) in [5, 5.41) is 2.95. The number of nitrogens with one attached hydrogen (secondary N) is 1. The maximum Gasteiger partial charge on any atom is 0.407 e. The van der Waals surface area contributed by atoms with Crippen molar-refractivity contribution in [3.63, 3.8) is 0 Å². The predicted octanol–water partition coefficient (Wildman–Crippen LogP) is 6.52. The van der Waals surface area contributed by atoms with Crippen LogP contribution >= 0.6 is 11.6 Å². The molecule has 0 saturated carbocycles. The molecule has 1 N–H and O–H groups in total. The number of methoxy groups -OCH3 is 1. The quantitative estimate of drug-likeness (QED) is 0.0446. The van der Waals surface area contributed by atoms with Gasteiger partial charge in [0, 0.05) is 13.7 Å². The molecule has 1 aliphatic rings. The third kappa shape index (κ3) is 16.0. The van der Waals surface area contributed by atoms with E-state index in [0.29, 0.717) is 24.0 Å². The largest absolute Gasteiger partial charge is 0.449 e. The molecule has 1 aliphatic heterocycles. The number of imide groups is 1. The zero-order valence-electron chi connectivity index (χ0n) is 26.9. The van der Waals surface area contributed by atoms with Crippen LogP contribution in [0, 0.1) is 0 Å². The fourth-order valence-electron chi connectivity index (χ4n) is 4.99. The number of nitrogens with zero attached hydrogens (tertiary/aromatic N) is 3. The number of urea groups is 1. The number of quaternary nitrogens is 1. The van der Waals surface area contributed by atoms with Crippen molar-refractivity contribution >= 4 is 29.6 Å². The van der Waals surface area contributed by atoms with Crippen molar-refractivity contribution in [2.45, 2.75) is 128 Å². The van der Waals surface area contributed by atoms with E-state index in [1.54, 1.807) is 7.11 Å². The molecule has 0 aromatic rings. The van der Waals surface area contributed by atoms with Crippen molar-refractivity contribution < 1.29 is 28.3 Å². The van der Waals surface area contributed by atoms with Crippen LogP contribution in [0.4, 0.5) is 9.59 Å². The lowest BCUT2D eigenvalue weighted by Crippen LogP contribution is -2.44. The molecule has 0 aromatic heterocycles. The second-order valence-corrected chi connectivity index (χ2v) is 12.9. The lowest BCUT2D eigenvalue weighted by molar-refractivity contribution is -0.869. The predicted molar refractivity (Wildman–Crippen MR) is 166 cm³/mol. The van der Waals surface area contributed by atoms with E-state index in [-0.39, 0.29) is 31.3 Å². The van der Waals surface area contributed by atoms with Gasteiger partial charge in [-0.05, 0) is 19.8 Å². The van der Waals surface area contributed by atoms with Crippen molar-refractivity contribution in [1.29, 1.82) is 0 Å². The van der Waals surface area contributed by atoms with Crippen LogP contribution in [0.3, 0.4) is 0 Å². The molecule has 1 heterocycles. The van der Waals surface area contributed by atoms with Crippen LogP contribution in [0.5, 0.6) is 0 Å². The monoisotopic (exact) mass is 603 g/mol. The number of carbonyl (C=O) groups excluding carboxylic acids is 3. The summed E-state index contributed by atoms with van der Waals surface area (Å²) < 4.78 is 11.5. The molecule has 0 spiro atoms. The van der Waals surface area contributed by atoms with Crippen LogP contribution in [0.1, 0.15) is 110 Å². The number of amides is 4. The summed E-state index contributed by atoms with van der Waals surface area (Å²) in [6, 6.07) is -0.514. The van der Waals surface area contributed by atoms with Crippen LogP contribution in [0.25, 0.3) is 0 Å². The van der Waals surface area contributed by atoms with E-state index in [1.807, 2.05) is 28.1 Å². The molecule has 3 atom stereocenters. The fourth-order valence-corrected chi connectivity index (χ4v) is 5.29. The van der Waals surface area contributed by atoms with Gasteiger partial charge in [0.1, 0.15) is 0 Å². The Kier molecular flexibility index (Phi) is 19.3. The van der Waals surface area contributed by atoms with E-state index in [9.17, 15) is 14.4 Å². The Morgan fingerprint density at radius 1 is 0.902 bits per heavy atom. The molecule has 3 unspecified atom stereocenters. The molecule has 4 amide bonds. The maximum atomic E-state index is 12.7. The molecule has 240 valence electrons. The molecule has 0 radical (unpaired) electrons.